The average Bonchev–Trinajstić information content (AvgIpc) is 3.02. The summed E-state index contributed by atoms with van der Waals surface area (Å²) in [6.45, 7) is 3.21. The van der Waals surface area contributed by atoms with E-state index in [-0.39, 0.29) is 5.91 Å². The molecule has 0 spiro atoms. The molecule has 0 saturated carbocycles. The van der Waals surface area contributed by atoms with Gasteiger partial charge in [-0.05, 0) is 19.1 Å². The Morgan fingerprint density at radius 1 is 1.45 bits per heavy atom. The zero-order chi connectivity index (χ0) is 14.5. The highest BCUT2D eigenvalue weighted by Gasteiger charge is 2.14. The second kappa shape index (κ2) is 7.26. The Balaban J connectivity index is 1.88. The summed E-state index contributed by atoms with van der Waals surface area (Å²) in [7, 11) is 0. The first-order valence-electron chi connectivity index (χ1n) is 5.82. The summed E-state index contributed by atoms with van der Waals surface area (Å²) in [6.07, 6.45) is 0. The van der Waals surface area contributed by atoms with Crippen LogP contribution in [0.1, 0.15) is 11.8 Å². The predicted molar refractivity (Wildman–Crippen MR) is 85.5 cm³/mol. The maximum Gasteiger partial charge on any atom is 0.233 e. The van der Waals surface area contributed by atoms with Gasteiger partial charge in [0.15, 0.2) is 4.34 Å². The van der Waals surface area contributed by atoms with Crippen molar-refractivity contribution in [3.8, 4) is 0 Å². The van der Waals surface area contributed by atoms with Crippen molar-refractivity contribution in [1.82, 2.24) is 15.1 Å². The first-order valence-corrected chi connectivity index (χ1v) is 8.82. The van der Waals surface area contributed by atoms with Gasteiger partial charge in [0.2, 0.25) is 11.0 Å². The van der Waals surface area contributed by atoms with E-state index in [0.717, 1.165) is 9.21 Å². The Hall–Kier alpha value is -0.830. The molecule has 2 aromatic rings. The summed E-state index contributed by atoms with van der Waals surface area (Å²) in [5, 5.41) is 8.02. The molecule has 1 amide bonds. The number of aromatic nitrogens is 2. The molecule has 0 unspecified atom stereocenters. The topological polar surface area (TPSA) is 72.1 Å². The van der Waals surface area contributed by atoms with Crippen molar-refractivity contribution in [3.05, 3.63) is 21.3 Å². The number of thiophene rings is 1. The molecule has 0 aliphatic heterocycles. The van der Waals surface area contributed by atoms with Gasteiger partial charge in [-0.2, -0.15) is 0 Å². The van der Waals surface area contributed by atoms with Crippen molar-refractivity contribution >= 4 is 57.1 Å². The van der Waals surface area contributed by atoms with Crippen LogP contribution in [0.5, 0.6) is 0 Å². The monoisotopic (exact) mass is 348 g/mol. The van der Waals surface area contributed by atoms with Crippen LogP contribution < -0.4 is 5.73 Å². The van der Waals surface area contributed by atoms with Crippen LogP contribution in [0.25, 0.3) is 0 Å². The molecule has 2 aromatic heterocycles. The molecule has 2 heterocycles. The minimum Gasteiger partial charge on any atom is -0.374 e. The van der Waals surface area contributed by atoms with Crippen molar-refractivity contribution in [2.45, 2.75) is 17.8 Å². The SMILES string of the molecule is CCN(Cc1ccc(Cl)s1)C(=O)CSc1nnc(N)s1. The molecule has 0 saturated heterocycles. The average molecular weight is 349 g/mol. The third kappa shape index (κ3) is 4.34. The van der Waals surface area contributed by atoms with Crippen LogP contribution in [0, 0.1) is 0 Å². The number of hydrogen-bond donors (Lipinski definition) is 1. The Morgan fingerprint density at radius 2 is 2.25 bits per heavy atom. The number of rotatable bonds is 6. The van der Waals surface area contributed by atoms with Gasteiger partial charge in [-0.25, -0.2) is 0 Å². The number of nitrogen functional groups attached to an aromatic ring is 1. The van der Waals surface area contributed by atoms with E-state index in [1.807, 2.05) is 19.1 Å². The number of thioether (sulfide) groups is 1. The normalized spacial score (nSPS) is 10.7. The molecule has 2 N–H and O–H groups in total. The maximum atomic E-state index is 12.2. The molecule has 20 heavy (non-hydrogen) atoms. The lowest BCUT2D eigenvalue weighted by molar-refractivity contribution is -0.128. The van der Waals surface area contributed by atoms with Crippen LogP contribution in [-0.4, -0.2) is 33.3 Å². The molecular weight excluding hydrogens is 336 g/mol. The van der Waals surface area contributed by atoms with E-state index >= 15 is 0 Å². The van der Waals surface area contributed by atoms with Gasteiger partial charge in [0.1, 0.15) is 0 Å². The molecule has 0 atom stereocenters. The quantitative estimate of drug-likeness (QED) is 0.812. The number of nitrogens with zero attached hydrogens (tertiary/aromatic N) is 3. The second-order valence-corrected chi connectivity index (χ2v) is 7.84. The van der Waals surface area contributed by atoms with Gasteiger partial charge in [-0.1, -0.05) is 34.7 Å². The Kier molecular flexibility index (Phi) is 5.64. The standard InChI is InChI=1S/C11H13ClN4OS3/c1-2-16(5-7-3-4-8(12)19-7)9(17)6-18-11-15-14-10(13)20-11/h3-4H,2,5-6H2,1H3,(H2,13,14). The molecule has 5 nitrogen and oxygen atoms in total. The highest BCUT2D eigenvalue weighted by molar-refractivity contribution is 8.01. The first kappa shape index (κ1) is 15.6. The number of anilines is 1. The van der Waals surface area contributed by atoms with Gasteiger partial charge in [-0.15, -0.1) is 21.5 Å². The highest BCUT2D eigenvalue weighted by atomic mass is 35.5. The van der Waals surface area contributed by atoms with Crippen molar-refractivity contribution in [2.75, 3.05) is 18.0 Å². The fourth-order valence-electron chi connectivity index (χ4n) is 1.49. The van der Waals surface area contributed by atoms with E-state index in [1.54, 1.807) is 4.90 Å². The zero-order valence-corrected chi connectivity index (χ0v) is 13.9. The molecule has 2 rings (SSSR count). The van der Waals surface area contributed by atoms with E-state index in [0.29, 0.717) is 28.3 Å². The van der Waals surface area contributed by atoms with Crippen LogP contribution in [0.4, 0.5) is 5.13 Å². The molecule has 0 radical (unpaired) electrons. The number of carbonyl (C=O) groups excluding carboxylic acids is 1. The van der Waals surface area contributed by atoms with E-state index < -0.39 is 0 Å². The lowest BCUT2D eigenvalue weighted by atomic mass is 10.4. The fraction of sp³-hybridized carbons (Fsp3) is 0.364. The van der Waals surface area contributed by atoms with E-state index in [9.17, 15) is 4.79 Å². The summed E-state index contributed by atoms with van der Waals surface area (Å²) < 4.78 is 1.45. The third-order valence-corrected chi connectivity index (χ3v) is 5.54. The summed E-state index contributed by atoms with van der Waals surface area (Å²) in [5.41, 5.74) is 5.50. The van der Waals surface area contributed by atoms with Gasteiger partial charge < -0.3 is 10.6 Å². The zero-order valence-electron chi connectivity index (χ0n) is 10.7. The number of amides is 1. The van der Waals surface area contributed by atoms with Gasteiger partial charge in [-0.3, -0.25) is 4.79 Å². The van der Waals surface area contributed by atoms with Crippen LogP contribution in [-0.2, 0) is 11.3 Å². The van der Waals surface area contributed by atoms with E-state index in [4.69, 9.17) is 17.3 Å². The molecule has 0 aromatic carbocycles. The Bertz CT molecular complexity index is 586. The van der Waals surface area contributed by atoms with Crippen molar-refractivity contribution in [2.24, 2.45) is 0 Å². The smallest absolute Gasteiger partial charge is 0.233 e. The molecule has 0 aliphatic carbocycles. The minimum absolute atomic E-state index is 0.0655. The first-order chi connectivity index (χ1) is 9.58. The molecular formula is C11H13ClN4OS3. The van der Waals surface area contributed by atoms with Crippen molar-refractivity contribution in [1.29, 1.82) is 0 Å². The maximum absolute atomic E-state index is 12.2. The minimum atomic E-state index is 0.0655. The summed E-state index contributed by atoms with van der Waals surface area (Å²) in [5.74, 6) is 0.400. The number of nitrogens with two attached hydrogens (primary N) is 1. The number of carbonyl (C=O) groups is 1. The van der Waals surface area contributed by atoms with Crippen LogP contribution in [0.2, 0.25) is 4.34 Å². The molecule has 0 bridgehead atoms. The molecule has 0 fully saturated rings. The molecule has 9 heteroatoms. The molecule has 0 aliphatic rings. The van der Waals surface area contributed by atoms with Gasteiger partial charge in [0.25, 0.3) is 0 Å². The Morgan fingerprint density at radius 3 is 2.80 bits per heavy atom. The second-order valence-electron chi connectivity index (χ2n) is 3.81. The lowest BCUT2D eigenvalue weighted by Gasteiger charge is -2.19. The van der Waals surface area contributed by atoms with Crippen LogP contribution in [0.3, 0.4) is 0 Å². The third-order valence-electron chi connectivity index (χ3n) is 2.45. The predicted octanol–water partition coefficient (Wildman–Crippen LogP) is 2.98. The van der Waals surface area contributed by atoms with Gasteiger partial charge >= 0.3 is 0 Å². The number of hydrogen-bond acceptors (Lipinski definition) is 7. The van der Waals surface area contributed by atoms with Crippen molar-refractivity contribution < 1.29 is 4.79 Å². The van der Waals surface area contributed by atoms with E-state index in [2.05, 4.69) is 10.2 Å². The lowest BCUT2D eigenvalue weighted by Crippen LogP contribution is -2.31. The summed E-state index contributed by atoms with van der Waals surface area (Å²) in [6, 6.07) is 3.79. The Labute approximate surface area is 134 Å². The van der Waals surface area contributed by atoms with Crippen LogP contribution >= 0.6 is 46.0 Å². The summed E-state index contributed by atoms with van der Waals surface area (Å²) >= 11 is 10.0. The highest BCUT2D eigenvalue weighted by Crippen LogP contribution is 2.25. The number of halogens is 1. The van der Waals surface area contributed by atoms with Gasteiger partial charge in [0.05, 0.1) is 16.6 Å². The van der Waals surface area contributed by atoms with E-state index in [1.165, 1.54) is 34.4 Å². The van der Waals surface area contributed by atoms with Crippen LogP contribution in [0.15, 0.2) is 16.5 Å². The van der Waals surface area contributed by atoms with Crippen molar-refractivity contribution in [3.63, 3.8) is 0 Å². The summed E-state index contributed by atoms with van der Waals surface area (Å²) in [4.78, 5) is 15.0. The molecule has 108 valence electrons. The fourth-order valence-corrected chi connectivity index (χ4v) is 4.14. The largest absolute Gasteiger partial charge is 0.374 e. The van der Waals surface area contributed by atoms with Gasteiger partial charge in [0, 0.05) is 11.4 Å².